The van der Waals surface area contributed by atoms with Crippen LogP contribution < -0.4 is 4.74 Å². The van der Waals surface area contributed by atoms with Gasteiger partial charge < -0.3 is 9.84 Å². The molecular weight excluding hydrogens is 236 g/mol. The van der Waals surface area contributed by atoms with Crippen LogP contribution in [-0.4, -0.2) is 30.8 Å². The molecule has 0 atom stereocenters. The molecule has 2 aromatic heterocycles. The Labute approximate surface area is 103 Å². The third kappa shape index (κ3) is 2.62. The smallest absolute Gasteiger partial charge is 0.337 e. The first-order chi connectivity index (χ1) is 8.70. The predicted octanol–water partition coefficient (Wildman–Crippen LogP) is 0.970. The standard InChI is InChI=1S/C11H12N4O3/c1-2-15-10(13-7-14-15)6-18-9-3-8(11(16)17)4-12-5-9/h3-5,7H,2,6H2,1H3,(H,16,17). The van der Waals surface area contributed by atoms with Gasteiger partial charge in [0.1, 0.15) is 18.7 Å². The molecule has 0 fully saturated rings. The predicted molar refractivity (Wildman–Crippen MR) is 61.2 cm³/mol. The minimum atomic E-state index is -1.04. The topological polar surface area (TPSA) is 90.1 Å². The average molecular weight is 248 g/mol. The summed E-state index contributed by atoms with van der Waals surface area (Å²) in [5, 5.41) is 12.8. The zero-order valence-electron chi connectivity index (χ0n) is 9.78. The molecule has 2 aromatic rings. The fourth-order valence-corrected chi connectivity index (χ4v) is 1.43. The fraction of sp³-hybridized carbons (Fsp3) is 0.273. The van der Waals surface area contributed by atoms with E-state index in [4.69, 9.17) is 9.84 Å². The molecule has 2 heterocycles. The van der Waals surface area contributed by atoms with Gasteiger partial charge in [-0.15, -0.1) is 0 Å². The van der Waals surface area contributed by atoms with Crippen LogP contribution in [0.3, 0.4) is 0 Å². The summed E-state index contributed by atoms with van der Waals surface area (Å²) in [6.45, 7) is 2.87. The zero-order chi connectivity index (χ0) is 13.0. The molecule has 0 aliphatic rings. The van der Waals surface area contributed by atoms with Crippen molar-refractivity contribution in [3.8, 4) is 5.75 Å². The van der Waals surface area contributed by atoms with Crippen LogP contribution in [-0.2, 0) is 13.2 Å². The van der Waals surface area contributed by atoms with Gasteiger partial charge in [-0.2, -0.15) is 5.10 Å². The normalized spacial score (nSPS) is 10.3. The number of carbonyl (C=O) groups is 1. The first-order valence-electron chi connectivity index (χ1n) is 5.38. The lowest BCUT2D eigenvalue weighted by atomic mass is 10.3. The van der Waals surface area contributed by atoms with Gasteiger partial charge in [-0.05, 0) is 13.0 Å². The van der Waals surface area contributed by atoms with E-state index >= 15 is 0 Å². The number of rotatable bonds is 5. The molecule has 0 amide bonds. The van der Waals surface area contributed by atoms with Gasteiger partial charge in [0.25, 0.3) is 0 Å². The van der Waals surface area contributed by atoms with Crippen LogP contribution in [0.15, 0.2) is 24.8 Å². The fourth-order valence-electron chi connectivity index (χ4n) is 1.43. The summed E-state index contributed by atoms with van der Waals surface area (Å²) in [7, 11) is 0. The van der Waals surface area contributed by atoms with Gasteiger partial charge in [0.15, 0.2) is 5.82 Å². The molecule has 2 rings (SSSR count). The number of aryl methyl sites for hydroxylation is 1. The highest BCUT2D eigenvalue weighted by atomic mass is 16.5. The third-order valence-electron chi connectivity index (χ3n) is 2.32. The van der Waals surface area contributed by atoms with E-state index in [1.54, 1.807) is 4.68 Å². The van der Waals surface area contributed by atoms with E-state index in [9.17, 15) is 4.79 Å². The molecule has 7 nitrogen and oxygen atoms in total. The lowest BCUT2D eigenvalue weighted by Gasteiger charge is -2.06. The van der Waals surface area contributed by atoms with Crippen molar-refractivity contribution in [1.29, 1.82) is 0 Å². The van der Waals surface area contributed by atoms with E-state index in [-0.39, 0.29) is 12.2 Å². The van der Waals surface area contributed by atoms with Gasteiger partial charge in [0.2, 0.25) is 0 Å². The van der Waals surface area contributed by atoms with Gasteiger partial charge >= 0.3 is 5.97 Å². The quantitative estimate of drug-likeness (QED) is 0.847. The molecule has 18 heavy (non-hydrogen) atoms. The van der Waals surface area contributed by atoms with Crippen LogP contribution >= 0.6 is 0 Å². The van der Waals surface area contributed by atoms with Crippen molar-refractivity contribution in [3.63, 3.8) is 0 Å². The summed E-state index contributed by atoms with van der Waals surface area (Å²) in [6.07, 6.45) is 4.18. The largest absolute Gasteiger partial charge is 0.484 e. The molecule has 0 bridgehead atoms. The molecular formula is C11H12N4O3. The second-order valence-corrected chi connectivity index (χ2v) is 3.50. The highest BCUT2D eigenvalue weighted by Crippen LogP contribution is 2.12. The Morgan fingerprint density at radius 2 is 2.33 bits per heavy atom. The van der Waals surface area contributed by atoms with Crippen molar-refractivity contribution < 1.29 is 14.6 Å². The molecule has 0 aliphatic carbocycles. The summed E-state index contributed by atoms with van der Waals surface area (Å²) < 4.78 is 7.14. The maximum Gasteiger partial charge on any atom is 0.337 e. The number of hydrogen-bond acceptors (Lipinski definition) is 5. The van der Waals surface area contributed by atoms with Gasteiger partial charge in [0.05, 0.1) is 11.8 Å². The minimum absolute atomic E-state index is 0.0875. The zero-order valence-corrected chi connectivity index (χ0v) is 9.78. The SMILES string of the molecule is CCn1ncnc1COc1cncc(C(=O)O)c1. The number of pyridine rings is 1. The highest BCUT2D eigenvalue weighted by Gasteiger charge is 2.07. The summed E-state index contributed by atoms with van der Waals surface area (Å²) >= 11 is 0. The number of ether oxygens (including phenoxy) is 1. The number of carboxylic acids is 1. The molecule has 94 valence electrons. The van der Waals surface area contributed by atoms with Crippen LogP contribution in [0, 0.1) is 0 Å². The average Bonchev–Trinajstić information content (AvgIpc) is 2.84. The lowest BCUT2D eigenvalue weighted by molar-refractivity contribution is 0.0696. The maximum absolute atomic E-state index is 10.8. The summed E-state index contributed by atoms with van der Waals surface area (Å²) in [6, 6.07) is 1.42. The second kappa shape index (κ2) is 5.26. The van der Waals surface area contributed by atoms with Crippen LogP contribution in [0.1, 0.15) is 23.1 Å². The van der Waals surface area contributed by atoms with E-state index in [2.05, 4.69) is 15.1 Å². The van der Waals surface area contributed by atoms with Gasteiger partial charge in [-0.25, -0.2) is 14.5 Å². The lowest BCUT2D eigenvalue weighted by Crippen LogP contribution is -2.07. The Balaban J connectivity index is 2.06. The summed E-state index contributed by atoms with van der Waals surface area (Å²) in [5.41, 5.74) is 0.0875. The van der Waals surface area contributed by atoms with Crippen molar-refractivity contribution in [2.24, 2.45) is 0 Å². The van der Waals surface area contributed by atoms with Crippen molar-refractivity contribution in [2.75, 3.05) is 0 Å². The van der Waals surface area contributed by atoms with E-state index < -0.39 is 5.97 Å². The van der Waals surface area contributed by atoms with Crippen LogP contribution in [0.25, 0.3) is 0 Å². The first-order valence-corrected chi connectivity index (χ1v) is 5.38. The van der Waals surface area contributed by atoms with Gasteiger partial charge in [0, 0.05) is 12.7 Å². The molecule has 0 aromatic carbocycles. The monoisotopic (exact) mass is 248 g/mol. The van der Waals surface area contributed by atoms with Crippen molar-refractivity contribution >= 4 is 5.97 Å². The number of aromatic carboxylic acids is 1. The third-order valence-corrected chi connectivity index (χ3v) is 2.32. The maximum atomic E-state index is 10.8. The van der Waals surface area contributed by atoms with E-state index in [1.165, 1.54) is 24.8 Å². The molecule has 7 heteroatoms. The number of aromatic nitrogens is 4. The molecule has 0 spiro atoms. The summed E-state index contributed by atoms with van der Waals surface area (Å²) in [5.74, 6) is 0.0310. The summed E-state index contributed by atoms with van der Waals surface area (Å²) in [4.78, 5) is 18.6. The Kier molecular flexibility index (Phi) is 3.52. The molecule has 0 radical (unpaired) electrons. The van der Waals surface area contributed by atoms with Crippen LogP contribution in [0.2, 0.25) is 0 Å². The Morgan fingerprint density at radius 1 is 1.50 bits per heavy atom. The van der Waals surface area contributed by atoms with E-state index in [1.807, 2.05) is 6.92 Å². The molecule has 1 N–H and O–H groups in total. The number of hydrogen-bond donors (Lipinski definition) is 1. The first kappa shape index (κ1) is 12.0. The van der Waals surface area contributed by atoms with Gasteiger partial charge in [-0.3, -0.25) is 4.98 Å². The highest BCUT2D eigenvalue weighted by molar-refractivity contribution is 5.87. The minimum Gasteiger partial charge on any atom is -0.484 e. The van der Waals surface area contributed by atoms with E-state index in [0.29, 0.717) is 18.1 Å². The molecule has 0 saturated heterocycles. The molecule has 0 saturated carbocycles. The Bertz CT molecular complexity index is 553. The van der Waals surface area contributed by atoms with Crippen molar-refractivity contribution in [3.05, 3.63) is 36.2 Å². The van der Waals surface area contributed by atoms with E-state index in [0.717, 1.165) is 0 Å². The molecule has 0 unspecified atom stereocenters. The van der Waals surface area contributed by atoms with Crippen molar-refractivity contribution in [1.82, 2.24) is 19.7 Å². The Morgan fingerprint density at radius 3 is 3.06 bits per heavy atom. The van der Waals surface area contributed by atoms with Crippen molar-refractivity contribution in [2.45, 2.75) is 20.1 Å². The van der Waals surface area contributed by atoms with Gasteiger partial charge in [-0.1, -0.05) is 0 Å². The van der Waals surface area contributed by atoms with Crippen LogP contribution in [0.4, 0.5) is 0 Å². The Hall–Kier alpha value is -2.44. The molecule has 0 aliphatic heterocycles. The second-order valence-electron chi connectivity index (χ2n) is 3.50. The number of nitrogens with zero attached hydrogens (tertiary/aromatic N) is 4. The van der Waals surface area contributed by atoms with Crippen LogP contribution in [0.5, 0.6) is 5.75 Å². The number of carboxylic acid groups (broad SMARTS) is 1.